The second-order valence-corrected chi connectivity index (χ2v) is 5.60. The fourth-order valence-corrected chi connectivity index (χ4v) is 2.36. The molecule has 0 radical (unpaired) electrons. The van der Waals surface area contributed by atoms with Crippen molar-refractivity contribution in [1.29, 1.82) is 5.41 Å². The van der Waals surface area contributed by atoms with Crippen LogP contribution >= 0.6 is 0 Å². The van der Waals surface area contributed by atoms with E-state index in [2.05, 4.69) is 0 Å². The molecule has 0 saturated carbocycles. The van der Waals surface area contributed by atoms with E-state index in [-0.39, 0.29) is 23.7 Å². The van der Waals surface area contributed by atoms with Gasteiger partial charge in [0.1, 0.15) is 5.82 Å². The number of hydrogen-bond acceptors (Lipinski definition) is 3. The third-order valence-corrected chi connectivity index (χ3v) is 4.09. The predicted octanol–water partition coefficient (Wildman–Crippen LogP) is 0.772. The molecule has 0 aromatic heterocycles. The molecule has 3 N–H and O–H groups in total. The van der Waals surface area contributed by atoms with E-state index in [1.165, 1.54) is 19.2 Å². The van der Waals surface area contributed by atoms with Crippen molar-refractivity contribution in [3.63, 3.8) is 0 Å². The van der Waals surface area contributed by atoms with Crippen LogP contribution < -0.4 is 5.73 Å². The molecule has 0 aliphatic rings. The van der Waals surface area contributed by atoms with E-state index in [0.29, 0.717) is 0 Å². The van der Waals surface area contributed by atoms with Crippen LogP contribution in [0.2, 0.25) is 0 Å². The van der Waals surface area contributed by atoms with E-state index >= 15 is 0 Å². The molecule has 0 saturated heterocycles. The number of nitrogens with one attached hydrogen (secondary N) is 1. The van der Waals surface area contributed by atoms with Gasteiger partial charge in [0.25, 0.3) is 0 Å². The van der Waals surface area contributed by atoms with Crippen molar-refractivity contribution in [2.24, 2.45) is 5.73 Å². The number of rotatable bonds is 5. The first-order valence-electron chi connectivity index (χ1n) is 4.89. The third kappa shape index (κ3) is 3.50. The van der Waals surface area contributed by atoms with E-state index in [4.69, 9.17) is 11.1 Å². The highest BCUT2D eigenvalue weighted by Crippen LogP contribution is 2.14. The molecule has 17 heavy (non-hydrogen) atoms. The van der Waals surface area contributed by atoms with Crippen LogP contribution in [0.1, 0.15) is 6.42 Å². The molecule has 0 heterocycles. The number of halogens is 1. The summed E-state index contributed by atoms with van der Waals surface area (Å²) in [6.07, 6.45) is 0.164. The lowest BCUT2D eigenvalue weighted by atomic mass is 10.4. The van der Waals surface area contributed by atoms with Crippen molar-refractivity contribution in [1.82, 2.24) is 4.31 Å². The Morgan fingerprint density at radius 1 is 1.41 bits per heavy atom. The van der Waals surface area contributed by atoms with E-state index in [9.17, 15) is 12.8 Å². The van der Waals surface area contributed by atoms with Gasteiger partial charge in [-0.1, -0.05) is 0 Å². The highest BCUT2D eigenvalue weighted by molar-refractivity contribution is 7.89. The highest BCUT2D eigenvalue weighted by Gasteiger charge is 2.20. The molecule has 1 rings (SSSR count). The van der Waals surface area contributed by atoms with Gasteiger partial charge >= 0.3 is 0 Å². The topological polar surface area (TPSA) is 87.2 Å². The molecule has 94 valence electrons. The summed E-state index contributed by atoms with van der Waals surface area (Å²) in [6, 6.07) is 4.58. The van der Waals surface area contributed by atoms with E-state index in [1.54, 1.807) is 0 Å². The molecule has 0 spiro atoms. The van der Waals surface area contributed by atoms with Gasteiger partial charge in [-0.3, -0.25) is 5.41 Å². The Kier molecular flexibility index (Phi) is 4.19. The van der Waals surface area contributed by atoms with Gasteiger partial charge in [-0.05, 0) is 24.3 Å². The molecule has 0 atom stereocenters. The maximum Gasteiger partial charge on any atom is 0.242 e. The van der Waals surface area contributed by atoms with Gasteiger partial charge in [0.15, 0.2) is 0 Å². The summed E-state index contributed by atoms with van der Waals surface area (Å²) in [5.41, 5.74) is 5.15. The second-order valence-electron chi connectivity index (χ2n) is 3.56. The van der Waals surface area contributed by atoms with Crippen LogP contribution in [0.15, 0.2) is 29.2 Å². The summed E-state index contributed by atoms with van der Waals surface area (Å²) in [5.74, 6) is -0.568. The number of amidine groups is 1. The average Bonchev–Trinajstić information content (AvgIpc) is 2.26. The van der Waals surface area contributed by atoms with Crippen molar-refractivity contribution in [2.45, 2.75) is 11.3 Å². The molecule has 0 unspecified atom stereocenters. The number of hydrogen-bond donors (Lipinski definition) is 2. The normalized spacial score (nSPS) is 11.7. The largest absolute Gasteiger partial charge is 0.388 e. The van der Waals surface area contributed by atoms with E-state index in [1.807, 2.05) is 0 Å². The van der Waals surface area contributed by atoms with Crippen LogP contribution in [-0.4, -0.2) is 32.2 Å². The minimum Gasteiger partial charge on any atom is -0.388 e. The lowest BCUT2D eigenvalue weighted by Gasteiger charge is -2.16. The zero-order chi connectivity index (χ0) is 13.1. The lowest BCUT2D eigenvalue weighted by molar-refractivity contribution is 0.478. The van der Waals surface area contributed by atoms with Gasteiger partial charge in [-0.25, -0.2) is 17.1 Å². The van der Waals surface area contributed by atoms with Crippen LogP contribution in [0.5, 0.6) is 0 Å². The molecule has 1 aromatic rings. The van der Waals surface area contributed by atoms with Crippen molar-refractivity contribution in [3.8, 4) is 0 Å². The fourth-order valence-electron chi connectivity index (χ4n) is 1.18. The van der Waals surface area contributed by atoms with Gasteiger partial charge < -0.3 is 5.73 Å². The van der Waals surface area contributed by atoms with Crippen LogP contribution in [0.3, 0.4) is 0 Å². The molecular formula is C10H14FN3O2S. The van der Waals surface area contributed by atoms with E-state index < -0.39 is 15.8 Å². The van der Waals surface area contributed by atoms with Gasteiger partial charge in [0, 0.05) is 20.0 Å². The van der Waals surface area contributed by atoms with Gasteiger partial charge in [0.05, 0.1) is 10.7 Å². The Balaban J connectivity index is 2.87. The first-order chi connectivity index (χ1) is 7.84. The summed E-state index contributed by atoms with van der Waals surface area (Å²) in [5, 5.41) is 7.03. The average molecular weight is 259 g/mol. The third-order valence-electron chi connectivity index (χ3n) is 2.22. The molecule has 0 fully saturated rings. The van der Waals surface area contributed by atoms with Crippen LogP contribution in [-0.2, 0) is 10.0 Å². The molecule has 5 nitrogen and oxygen atoms in total. The molecule has 0 amide bonds. The predicted molar refractivity (Wildman–Crippen MR) is 62.7 cm³/mol. The summed E-state index contributed by atoms with van der Waals surface area (Å²) < 4.78 is 37.7. The Hall–Kier alpha value is -1.47. The SMILES string of the molecule is CN(CCC(=N)N)S(=O)(=O)c1ccc(F)cc1. The first-order valence-corrected chi connectivity index (χ1v) is 6.33. The Labute approximate surface area is 99.6 Å². The van der Waals surface area contributed by atoms with E-state index in [0.717, 1.165) is 16.4 Å². The lowest BCUT2D eigenvalue weighted by Crippen LogP contribution is -2.30. The molecule has 0 aliphatic carbocycles. The summed E-state index contributed by atoms with van der Waals surface area (Å²) >= 11 is 0. The van der Waals surface area contributed by atoms with Crippen LogP contribution in [0, 0.1) is 11.2 Å². The van der Waals surface area contributed by atoms with Gasteiger partial charge in [-0.15, -0.1) is 0 Å². The molecule has 0 bridgehead atoms. The number of nitrogens with two attached hydrogens (primary N) is 1. The Morgan fingerprint density at radius 3 is 2.41 bits per heavy atom. The van der Waals surface area contributed by atoms with Crippen LogP contribution in [0.25, 0.3) is 0 Å². The summed E-state index contributed by atoms with van der Waals surface area (Å²) in [4.78, 5) is 0.0185. The minimum absolute atomic E-state index is 0.0185. The number of sulfonamides is 1. The fraction of sp³-hybridized carbons (Fsp3) is 0.300. The van der Waals surface area contributed by atoms with Crippen LogP contribution in [0.4, 0.5) is 4.39 Å². The number of nitrogens with zero attached hydrogens (tertiary/aromatic N) is 1. The summed E-state index contributed by atoms with van der Waals surface area (Å²) in [7, 11) is -2.25. The van der Waals surface area contributed by atoms with Gasteiger partial charge in [-0.2, -0.15) is 0 Å². The highest BCUT2D eigenvalue weighted by atomic mass is 32.2. The van der Waals surface area contributed by atoms with Crippen molar-refractivity contribution >= 4 is 15.9 Å². The maximum atomic E-state index is 12.7. The summed E-state index contributed by atoms with van der Waals surface area (Å²) in [6.45, 7) is 0.120. The molecular weight excluding hydrogens is 245 g/mol. The minimum atomic E-state index is -3.64. The quantitative estimate of drug-likeness (QED) is 0.605. The number of benzene rings is 1. The standard InChI is InChI=1S/C10H14FN3O2S/c1-14(7-6-10(12)13)17(15,16)9-4-2-8(11)3-5-9/h2-5H,6-7H2,1H3,(H3,12,13). The molecule has 0 aliphatic heterocycles. The van der Waals surface area contributed by atoms with Crippen molar-refractivity contribution < 1.29 is 12.8 Å². The van der Waals surface area contributed by atoms with Crippen molar-refractivity contribution in [2.75, 3.05) is 13.6 Å². The zero-order valence-corrected chi connectivity index (χ0v) is 10.2. The smallest absolute Gasteiger partial charge is 0.242 e. The second kappa shape index (κ2) is 5.24. The monoisotopic (exact) mass is 259 g/mol. The molecule has 7 heteroatoms. The zero-order valence-electron chi connectivity index (χ0n) is 9.35. The molecule has 1 aromatic carbocycles. The Morgan fingerprint density at radius 2 is 1.94 bits per heavy atom. The van der Waals surface area contributed by atoms with Gasteiger partial charge in [0.2, 0.25) is 10.0 Å². The van der Waals surface area contributed by atoms with Crippen molar-refractivity contribution in [3.05, 3.63) is 30.1 Å². The Bertz CT molecular complexity index is 499. The maximum absolute atomic E-state index is 12.7. The first kappa shape index (κ1) is 13.6.